The van der Waals surface area contributed by atoms with E-state index < -0.39 is 0 Å². The number of likely N-dealkylation sites (tertiary alicyclic amines) is 1. The second kappa shape index (κ2) is 8.76. The first-order valence-corrected chi connectivity index (χ1v) is 11.4. The zero-order valence-corrected chi connectivity index (χ0v) is 18.2. The van der Waals surface area contributed by atoms with Gasteiger partial charge in [0, 0.05) is 11.6 Å². The minimum Gasteiger partial charge on any atom is -0.486 e. The molecule has 1 amide bonds. The van der Waals surface area contributed by atoms with Crippen molar-refractivity contribution in [1.29, 1.82) is 0 Å². The average Bonchev–Trinajstić information content (AvgIpc) is 3.47. The molecular weight excluding hydrogens is 438 g/mol. The number of carbonyl (C=O) groups is 1. The number of hydrogen-bond acceptors (Lipinski definition) is 7. The van der Waals surface area contributed by atoms with E-state index in [0.29, 0.717) is 23.4 Å². The van der Waals surface area contributed by atoms with Crippen molar-refractivity contribution >= 4 is 29.3 Å². The third kappa shape index (κ3) is 4.20. The van der Waals surface area contributed by atoms with Crippen LogP contribution in [0.25, 0.3) is 5.69 Å². The quantitative estimate of drug-likeness (QED) is 0.542. The van der Waals surface area contributed by atoms with Crippen LogP contribution < -0.4 is 9.47 Å². The summed E-state index contributed by atoms with van der Waals surface area (Å²) in [5.41, 5.74) is 1.83. The van der Waals surface area contributed by atoms with Crippen LogP contribution in [0, 0.1) is 0 Å². The summed E-state index contributed by atoms with van der Waals surface area (Å²) >= 11 is 7.40. The molecule has 1 atom stereocenters. The number of aromatic nitrogens is 4. The topological polar surface area (TPSA) is 82.4 Å². The summed E-state index contributed by atoms with van der Waals surface area (Å²) in [6, 6.07) is 13.3. The van der Waals surface area contributed by atoms with Crippen LogP contribution in [-0.2, 0) is 4.79 Å². The van der Waals surface area contributed by atoms with Gasteiger partial charge in [0.15, 0.2) is 11.5 Å². The molecule has 0 bridgehead atoms. The molecule has 3 heterocycles. The highest BCUT2D eigenvalue weighted by atomic mass is 35.5. The molecule has 0 radical (unpaired) electrons. The second-order valence-electron chi connectivity index (χ2n) is 7.29. The van der Waals surface area contributed by atoms with Crippen LogP contribution in [0.5, 0.6) is 11.5 Å². The summed E-state index contributed by atoms with van der Waals surface area (Å²) < 4.78 is 12.9. The summed E-state index contributed by atoms with van der Waals surface area (Å²) in [6.07, 6.45) is 1.89. The van der Waals surface area contributed by atoms with E-state index in [1.165, 1.54) is 11.8 Å². The normalized spacial score (nSPS) is 17.7. The molecule has 1 unspecified atom stereocenters. The van der Waals surface area contributed by atoms with Crippen LogP contribution >= 0.6 is 23.4 Å². The number of halogens is 1. The van der Waals surface area contributed by atoms with Crippen LogP contribution in [0.3, 0.4) is 0 Å². The number of rotatable bonds is 5. The molecule has 2 aromatic carbocycles. The van der Waals surface area contributed by atoms with Gasteiger partial charge in [-0.2, -0.15) is 4.68 Å². The molecule has 8 nitrogen and oxygen atoms in total. The van der Waals surface area contributed by atoms with Crippen LogP contribution in [-0.4, -0.2) is 56.5 Å². The van der Waals surface area contributed by atoms with Crippen LogP contribution in [0.2, 0.25) is 5.02 Å². The fourth-order valence-corrected chi connectivity index (χ4v) is 4.89. The summed E-state index contributed by atoms with van der Waals surface area (Å²) in [6.45, 7) is 1.84. The van der Waals surface area contributed by atoms with Gasteiger partial charge < -0.3 is 14.4 Å². The molecule has 2 aliphatic rings. The number of ether oxygens (including phenoxy) is 2. The highest BCUT2D eigenvalue weighted by molar-refractivity contribution is 7.99. The van der Waals surface area contributed by atoms with Crippen molar-refractivity contribution in [2.45, 2.75) is 24.0 Å². The monoisotopic (exact) mass is 457 g/mol. The molecule has 0 saturated carbocycles. The number of amides is 1. The first-order chi connectivity index (χ1) is 15.2. The fraction of sp³-hybridized carbons (Fsp3) is 0.333. The lowest BCUT2D eigenvalue weighted by molar-refractivity contribution is -0.129. The number of tetrazole rings is 1. The Morgan fingerprint density at radius 3 is 2.90 bits per heavy atom. The second-order valence-corrected chi connectivity index (χ2v) is 8.67. The Morgan fingerprint density at radius 2 is 2.03 bits per heavy atom. The highest BCUT2D eigenvalue weighted by Crippen LogP contribution is 2.38. The van der Waals surface area contributed by atoms with Crippen molar-refractivity contribution in [2.24, 2.45) is 0 Å². The van der Waals surface area contributed by atoms with Crippen molar-refractivity contribution in [3.8, 4) is 17.2 Å². The number of thioether (sulfide) groups is 1. The van der Waals surface area contributed by atoms with E-state index in [-0.39, 0.29) is 17.7 Å². The highest BCUT2D eigenvalue weighted by Gasteiger charge is 2.31. The maximum atomic E-state index is 13.1. The molecule has 31 heavy (non-hydrogen) atoms. The van der Waals surface area contributed by atoms with Gasteiger partial charge in [-0.15, -0.1) is 5.10 Å². The number of fused-ring (bicyclic) bond motifs is 1. The van der Waals surface area contributed by atoms with E-state index in [0.717, 1.165) is 42.1 Å². The summed E-state index contributed by atoms with van der Waals surface area (Å²) in [5.74, 6) is 1.82. The Balaban J connectivity index is 1.28. The molecule has 3 aromatic rings. The van der Waals surface area contributed by atoms with E-state index in [1.807, 2.05) is 35.2 Å². The molecule has 0 aliphatic carbocycles. The Kier molecular flexibility index (Phi) is 5.69. The predicted octanol–water partition coefficient (Wildman–Crippen LogP) is 3.54. The lowest BCUT2D eigenvalue weighted by Gasteiger charge is -2.26. The van der Waals surface area contributed by atoms with Gasteiger partial charge in [-0.05, 0) is 59.2 Å². The molecule has 10 heteroatoms. The molecule has 1 fully saturated rings. The zero-order chi connectivity index (χ0) is 21.2. The van der Waals surface area contributed by atoms with Crippen LogP contribution in [0.1, 0.15) is 24.4 Å². The standard InChI is InChI=1S/C21H20ClN5O3S/c22-15-3-1-4-16(12-15)27-21(23-24-25-27)31-13-20(28)26-8-2-5-17(26)14-6-7-18-19(11-14)30-10-9-29-18/h1,3-4,6-7,11-12,17H,2,5,8-10,13H2. The number of benzene rings is 2. The van der Waals surface area contributed by atoms with Gasteiger partial charge in [0.25, 0.3) is 0 Å². The van der Waals surface area contributed by atoms with Gasteiger partial charge >= 0.3 is 0 Å². The maximum absolute atomic E-state index is 13.1. The Morgan fingerprint density at radius 1 is 1.16 bits per heavy atom. The largest absolute Gasteiger partial charge is 0.486 e. The predicted molar refractivity (Wildman–Crippen MR) is 116 cm³/mol. The molecule has 160 valence electrons. The number of carbonyl (C=O) groups excluding carboxylic acids is 1. The third-order valence-corrected chi connectivity index (χ3v) is 6.48. The number of nitrogens with zero attached hydrogens (tertiary/aromatic N) is 5. The first-order valence-electron chi connectivity index (χ1n) is 10.1. The van der Waals surface area contributed by atoms with Gasteiger partial charge in [-0.3, -0.25) is 4.79 Å². The minimum atomic E-state index is 0.0350. The van der Waals surface area contributed by atoms with E-state index in [2.05, 4.69) is 15.5 Å². The van der Waals surface area contributed by atoms with E-state index >= 15 is 0 Å². The SMILES string of the molecule is O=C(CSc1nnnn1-c1cccc(Cl)c1)N1CCCC1c1ccc2c(c1)OCCO2. The van der Waals surface area contributed by atoms with E-state index in [9.17, 15) is 4.79 Å². The summed E-state index contributed by atoms with van der Waals surface area (Å²) in [4.78, 5) is 15.0. The van der Waals surface area contributed by atoms with Gasteiger partial charge in [-0.1, -0.05) is 35.5 Å². The van der Waals surface area contributed by atoms with E-state index in [1.54, 1.807) is 16.8 Å². The zero-order valence-electron chi connectivity index (χ0n) is 16.6. The van der Waals surface area contributed by atoms with Crippen molar-refractivity contribution < 1.29 is 14.3 Å². The lowest BCUT2D eigenvalue weighted by atomic mass is 10.0. The van der Waals surface area contributed by atoms with Gasteiger partial charge in [0.1, 0.15) is 13.2 Å². The summed E-state index contributed by atoms with van der Waals surface area (Å²) in [5, 5.41) is 13.0. The van der Waals surface area contributed by atoms with Crippen molar-refractivity contribution in [3.63, 3.8) is 0 Å². The van der Waals surface area contributed by atoms with E-state index in [4.69, 9.17) is 21.1 Å². The molecular formula is C21H20ClN5O3S. The molecule has 1 saturated heterocycles. The van der Waals surface area contributed by atoms with Crippen molar-refractivity contribution in [1.82, 2.24) is 25.1 Å². The fourth-order valence-electron chi connectivity index (χ4n) is 3.93. The maximum Gasteiger partial charge on any atom is 0.233 e. The smallest absolute Gasteiger partial charge is 0.233 e. The van der Waals surface area contributed by atoms with Gasteiger partial charge in [0.2, 0.25) is 11.1 Å². The van der Waals surface area contributed by atoms with Gasteiger partial charge in [-0.25, -0.2) is 0 Å². The Bertz CT molecular complexity index is 1110. The van der Waals surface area contributed by atoms with Crippen molar-refractivity contribution in [3.05, 3.63) is 53.1 Å². The third-order valence-electron chi connectivity index (χ3n) is 5.34. The number of hydrogen-bond donors (Lipinski definition) is 0. The molecule has 1 aromatic heterocycles. The minimum absolute atomic E-state index is 0.0350. The average molecular weight is 458 g/mol. The molecule has 2 aliphatic heterocycles. The summed E-state index contributed by atoms with van der Waals surface area (Å²) in [7, 11) is 0. The molecule has 5 rings (SSSR count). The van der Waals surface area contributed by atoms with Crippen LogP contribution in [0.15, 0.2) is 47.6 Å². The first kappa shape index (κ1) is 20.1. The molecule has 0 N–H and O–H groups in total. The van der Waals surface area contributed by atoms with Crippen molar-refractivity contribution in [2.75, 3.05) is 25.5 Å². The van der Waals surface area contributed by atoms with Gasteiger partial charge in [0.05, 0.1) is 17.5 Å². The molecule has 0 spiro atoms. The Hall–Kier alpha value is -2.78. The van der Waals surface area contributed by atoms with Crippen LogP contribution in [0.4, 0.5) is 0 Å². The lowest BCUT2D eigenvalue weighted by Crippen LogP contribution is -2.32. The Labute approximate surface area is 188 Å².